The molecule has 178 valence electrons. The number of rotatable bonds is 6. The molecule has 3 aliphatic heterocycles. The third-order valence-electron chi connectivity index (χ3n) is 6.49. The smallest absolute Gasteiger partial charge is 0.407 e. The van der Waals surface area contributed by atoms with Gasteiger partial charge >= 0.3 is 18.0 Å². The highest BCUT2D eigenvalue weighted by molar-refractivity contribution is 5.82. The number of amides is 1. The minimum atomic E-state index is -1.53. The Hall–Kier alpha value is -3.20. The number of esters is 1. The molecule has 8 heteroatoms. The molecule has 1 atom stereocenters. The summed E-state index contributed by atoms with van der Waals surface area (Å²) in [6, 6.07) is 15.3. The molecule has 1 aliphatic carbocycles. The van der Waals surface area contributed by atoms with Gasteiger partial charge in [-0.3, -0.25) is 0 Å². The highest BCUT2D eigenvalue weighted by atomic mass is 16.9. The molecule has 4 aliphatic rings. The van der Waals surface area contributed by atoms with Crippen molar-refractivity contribution in [1.29, 1.82) is 0 Å². The van der Waals surface area contributed by atoms with Gasteiger partial charge in [0.25, 0.3) is 0 Å². The van der Waals surface area contributed by atoms with Crippen LogP contribution in [0.15, 0.2) is 60.7 Å². The monoisotopic (exact) mass is 465 g/mol. The summed E-state index contributed by atoms with van der Waals surface area (Å²) in [5.41, 5.74) is 4.28. The van der Waals surface area contributed by atoms with Gasteiger partial charge in [-0.1, -0.05) is 55.5 Å². The SMILES string of the molecule is COC(=O)/C=C/C(NC(=O)OCC1c2ccccc2-c2ccccc21)C12OCC(C)(CO1)CO2. The average molecular weight is 466 g/mol. The first kappa shape index (κ1) is 22.6. The molecule has 1 N–H and O–H groups in total. The summed E-state index contributed by atoms with van der Waals surface area (Å²) in [6.07, 6.45) is 1.95. The number of methoxy groups -OCH3 is 1. The maximum Gasteiger partial charge on any atom is 0.407 e. The second-order valence-corrected chi connectivity index (χ2v) is 9.11. The molecule has 1 unspecified atom stereocenters. The van der Waals surface area contributed by atoms with Crippen LogP contribution in [0.5, 0.6) is 0 Å². The molecule has 2 bridgehead atoms. The summed E-state index contributed by atoms with van der Waals surface area (Å²) in [5, 5.41) is 2.74. The Morgan fingerprint density at radius 2 is 1.59 bits per heavy atom. The molecule has 8 nitrogen and oxygen atoms in total. The van der Waals surface area contributed by atoms with Crippen molar-refractivity contribution in [3.8, 4) is 11.1 Å². The second kappa shape index (κ2) is 8.87. The van der Waals surface area contributed by atoms with Crippen molar-refractivity contribution < 1.29 is 33.3 Å². The minimum Gasteiger partial charge on any atom is -0.466 e. The molecule has 2 aromatic carbocycles. The summed E-state index contributed by atoms with van der Waals surface area (Å²) in [7, 11) is 1.27. The topological polar surface area (TPSA) is 92.3 Å². The third-order valence-corrected chi connectivity index (χ3v) is 6.49. The number of hydrogen-bond acceptors (Lipinski definition) is 7. The third kappa shape index (κ3) is 4.09. The molecule has 6 rings (SSSR count). The molecule has 0 spiro atoms. The summed E-state index contributed by atoms with van der Waals surface area (Å²) < 4.78 is 27.9. The predicted octanol–water partition coefficient (Wildman–Crippen LogP) is 3.36. The van der Waals surface area contributed by atoms with Crippen LogP contribution in [-0.2, 0) is 28.5 Å². The van der Waals surface area contributed by atoms with Gasteiger partial charge in [-0.05, 0) is 28.3 Å². The summed E-state index contributed by atoms with van der Waals surface area (Å²) in [6.45, 7) is 3.36. The van der Waals surface area contributed by atoms with E-state index in [1.165, 1.54) is 19.3 Å². The second-order valence-electron chi connectivity index (χ2n) is 9.11. The van der Waals surface area contributed by atoms with Gasteiger partial charge in [-0.15, -0.1) is 0 Å². The summed E-state index contributed by atoms with van der Waals surface area (Å²) in [5.74, 6) is -2.19. The summed E-state index contributed by atoms with van der Waals surface area (Å²) in [4.78, 5) is 24.6. The molecule has 1 amide bonds. The van der Waals surface area contributed by atoms with Crippen molar-refractivity contribution in [2.45, 2.75) is 24.9 Å². The molecule has 0 aromatic heterocycles. The normalized spacial score (nSPS) is 26.1. The van der Waals surface area contributed by atoms with E-state index in [9.17, 15) is 9.59 Å². The van der Waals surface area contributed by atoms with Crippen LogP contribution < -0.4 is 5.32 Å². The largest absolute Gasteiger partial charge is 0.466 e. The fourth-order valence-corrected chi connectivity index (χ4v) is 4.61. The van der Waals surface area contributed by atoms with E-state index < -0.39 is 24.1 Å². The lowest BCUT2D eigenvalue weighted by Crippen LogP contribution is -2.67. The lowest BCUT2D eigenvalue weighted by Gasteiger charge is -2.52. The highest BCUT2D eigenvalue weighted by Gasteiger charge is 2.55. The number of alkyl carbamates (subject to hydrolysis) is 1. The van der Waals surface area contributed by atoms with Gasteiger partial charge in [0, 0.05) is 17.4 Å². The van der Waals surface area contributed by atoms with Crippen molar-refractivity contribution in [1.82, 2.24) is 5.32 Å². The number of ether oxygens (including phenoxy) is 5. The van der Waals surface area contributed by atoms with E-state index in [0.717, 1.165) is 22.3 Å². The molecule has 3 fully saturated rings. The van der Waals surface area contributed by atoms with Crippen molar-refractivity contribution in [2.75, 3.05) is 33.5 Å². The number of hydrogen-bond donors (Lipinski definition) is 1. The first-order valence-corrected chi connectivity index (χ1v) is 11.2. The van der Waals surface area contributed by atoms with Crippen LogP contribution in [0.3, 0.4) is 0 Å². The lowest BCUT2D eigenvalue weighted by molar-refractivity contribution is -0.469. The van der Waals surface area contributed by atoms with Gasteiger partial charge in [0.05, 0.1) is 26.9 Å². The zero-order chi connectivity index (χ0) is 23.8. The van der Waals surface area contributed by atoms with Crippen molar-refractivity contribution >= 4 is 12.1 Å². The fraction of sp³-hybridized carbons (Fsp3) is 0.385. The van der Waals surface area contributed by atoms with Crippen LogP contribution in [0.1, 0.15) is 24.0 Å². The number of benzene rings is 2. The van der Waals surface area contributed by atoms with Crippen LogP contribution in [-0.4, -0.2) is 57.6 Å². The van der Waals surface area contributed by atoms with E-state index in [4.69, 9.17) is 18.9 Å². The molecule has 3 heterocycles. The average Bonchev–Trinajstić information content (AvgIpc) is 3.19. The summed E-state index contributed by atoms with van der Waals surface area (Å²) >= 11 is 0. The maximum absolute atomic E-state index is 12.9. The van der Waals surface area contributed by atoms with Crippen LogP contribution in [0.4, 0.5) is 4.79 Å². The van der Waals surface area contributed by atoms with Crippen LogP contribution in [0.25, 0.3) is 11.1 Å². The van der Waals surface area contributed by atoms with E-state index >= 15 is 0 Å². The van der Waals surface area contributed by atoms with E-state index in [1.807, 2.05) is 31.2 Å². The van der Waals surface area contributed by atoms with E-state index in [1.54, 1.807) is 0 Å². The Morgan fingerprint density at radius 1 is 1.03 bits per heavy atom. The highest BCUT2D eigenvalue weighted by Crippen LogP contribution is 2.44. The molecule has 3 saturated heterocycles. The van der Waals surface area contributed by atoms with Crippen LogP contribution >= 0.6 is 0 Å². The van der Waals surface area contributed by atoms with Gasteiger partial charge in [0.2, 0.25) is 0 Å². The number of fused-ring (bicyclic) bond motifs is 6. The van der Waals surface area contributed by atoms with Crippen LogP contribution in [0.2, 0.25) is 0 Å². The quantitative estimate of drug-likeness (QED) is 0.517. The Kier molecular flexibility index (Phi) is 5.89. The maximum atomic E-state index is 12.9. The lowest BCUT2D eigenvalue weighted by atomic mass is 9.91. The van der Waals surface area contributed by atoms with E-state index in [-0.39, 0.29) is 17.9 Å². The zero-order valence-corrected chi connectivity index (χ0v) is 19.1. The first-order chi connectivity index (χ1) is 16.4. The van der Waals surface area contributed by atoms with E-state index in [2.05, 4.69) is 34.3 Å². The van der Waals surface area contributed by atoms with Crippen LogP contribution in [0, 0.1) is 5.41 Å². The number of carbonyl (C=O) groups excluding carboxylic acids is 2. The van der Waals surface area contributed by atoms with E-state index in [0.29, 0.717) is 19.8 Å². The minimum absolute atomic E-state index is 0.0748. The number of carbonyl (C=O) groups is 2. The Balaban J connectivity index is 1.31. The Morgan fingerprint density at radius 3 is 2.15 bits per heavy atom. The van der Waals surface area contributed by atoms with Gasteiger partial charge < -0.3 is 29.0 Å². The van der Waals surface area contributed by atoms with Crippen molar-refractivity contribution in [3.63, 3.8) is 0 Å². The van der Waals surface area contributed by atoms with Crippen molar-refractivity contribution in [3.05, 3.63) is 71.8 Å². The number of nitrogens with one attached hydrogen (secondary N) is 1. The molecular formula is C26H27NO7. The first-order valence-electron chi connectivity index (χ1n) is 11.2. The zero-order valence-electron chi connectivity index (χ0n) is 19.1. The molecule has 34 heavy (non-hydrogen) atoms. The Bertz CT molecular complexity index is 1060. The van der Waals surface area contributed by atoms with Gasteiger partial charge in [0.15, 0.2) is 0 Å². The molecule has 0 radical (unpaired) electrons. The van der Waals surface area contributed by atoms with Crippen molar-refractivity contribution in [2.24, 2.45) is 5.41 Å². The molecule has 0 saturated carbocycles. The van der Waals surface area contributed by atoms with Gasteiger partial charge in [-0.2, -0.15) is 0 Å². The molecular weight excluding hydrogens is 438 g/mol. The molecule has 2 aromatic rings. The Labute approximate surface area is 197 Å². The predicted molar refractivity (Wildman–Crippen MR) is 122 cm³/mol. The van der Waals surface area contributed by atoms with Gasteiger partial charge in [-0.25, -0.2) is 9.59 Å². The standard InChI is InChI=1S/C26H27NO7/c1-25-14-32-26(33-15-25,34-16-25)22(11-12-23(28)30-2)27-24(29)31-13-21-19-9-5-3-7-17(19)18-8-4-6-10-20(18)21/h3-12,21-22H,13-16H2,1-2H3,(H,27,29)/b12-11+. The van der Waals surface area contributed by atoms with Gasteiger partial charge in [0.1, 0.15) is 12.6 Å². The fourth-order valence-electron chi connectivity index (χ4n) is 4.61.